The van der Waals surface area contributed by atoms with Gasteiger partial charge in [0.05, 0.1) is 32.0 Å². The number of aliphatic hydroxyl groups is 1. The molecule has 2 aliphatic rings. The summed E-state index contributed by atoms with van der Waals surface area (Å²) in [7, 11) is -7.23. The second kappa shape index (κ2) is 6.37. The minimum atomic E-state index is -4.56. The number of ether oxygens (including phenoxy) is 2. The normalized spacial score (nSPS) is 57.6. The number of hydrogen-bond donors (Lipinski definition) is 1. The highest BCUT2D eigenvalue weighted by atomic mass is 16.5. The molecule has 0 saturated carbocycles. The molecule has 0 spiro atoms. The summed E-state index contributed by atoms with van der Waals surface area (Å²) in [6.07, 6.45) is -12.8. The molecule has 0 aliphatic carbocycles. The zero-order valence-corrected chi connectivity index (χ0v) is 12.1. The van der Waals surface area contributed by atoms with Crippen molar-refractivity contribution < 1.29 is 50.9 Å². The van der Waals surface area contributed by atoms with Gasteiger partial charge >= 0.3 is 0 Å². The van der Waals surface area contributed by atoms with E-state index < -0.39 is 116 Å². The van der Waals surface area contributed by atoms with Crippen molar-refractivity contribution in [1.29, 1.82) is 1.43 Å². The average Bonchev–Trinajstić information content (AvgIpc) is 2.86. The first-order valence-corrected chi connectivity index (χ1v) is 6.40. The Morgan fingerprint density at radius 2 is 2.38 bits per heavy atom. The zero-order chi connectivity index (χ0) is 38.2. The highest BCUT2D eigenvalue weighted by Gasteiger charge is 2.40. The van der Waals surface area contributed by atoms with E-state index in [1.54, 1.807) is 0 Å². The van der Waals surface area contributed by atoms with Crippen LogP contribution in [0, 0.1) is 5.89 Å². The molecule has 2 heterocycles. The molecule has 5 nitrogen and oxygen atoms in total. The van der Waals surface area contributed by atoms with Crippen molar-refractivity contribution >= 4 is 5.78 Å². The van der Waals surface area contributed by atoms with Gasteiger partial charge in [-0.1, -0.05) is 0 Å². The number of carbonyl (C=O) groups excluding carboxylic acids is 1. The molecule has 3 atom stereocenters. The van der Waals surface area contributed by atoms with Crippen molar-refractivity contribution in [3.8, 4) is 11.5 Å². The van der Waals surface area contributed by atoms with Crippen molar-refractivity contribution in [2.45, 2.75) is 44.5 Å². The molecule has 2 aliphatic heterocycles. The van der Waals surface area contributed by atoms with Gasteiger partial charge in [-0.05, 0) is 49.7 Å². The smallest absolute Gasteiger partial charge is 0.211 e. The van der Waals surface area contributed by atoms with Crippen LogP contribution in [0.15, 0.2) is 12.1 Å². The molecule has 24 heavy (non-hydrogen) atoms. The van der Waals surface area contributed by atoms with Gasteiger partial charge < -0.3 is 14.6 Å². The van der Waals surface area contributed by atoms with Crippen LogP contribution in [0.25, 0.3) is 0 Å². The van der Waals surface area contributed by atoms with Crippen LogP contribution in [-0.2, 0) is 11.2 Å². The number of hydrogen-bond acceptors (Lipinski definition) is 5. The number of Topliss-reactive ketones (excluding diaryl/α,β-unsaturated/α-hetero) is 1. The van der Waals surface area contributed by atoms with E-state index in [1.807, 2.05) is 0 Å². The highest BCUT2D eigenvalue weighted by Crippen LogP contribution is 2.42. The van der Waals surface area contributed by atoms with E-state index in [0.717, 1.165) is 0 Å². The van der Waals surface area contributed by atoms with Crippen molar-refractivity contribution in [2.24, 2.45) is 5.89 Å². The number of piperidine rings is 1. The lowest BCUT2D eigenvalue weighted by Crippen LogP contribution is -2.47. The molecule has 3 rings (SSSR count). The lowest BCUT2D eigenvalue weighted by atomic mass is 9.79. The molecule has 0 aromatic heterocycles. The van der Waals surface area contributed by atoms with Gasteiger partial charge in [0, 0.05) is 50.5 Å². The molecule has 1 saturated heterocycles. The summed E-state index contributed by atoms with van der Waals surface area (Å²) in [6, 6.07) is -7.55. The molecular formula is C19H27NO4. The maximum atomic E-state index is 14.1. The predicted octanol–water partition coefficient (Wildman–Crippen LogP) is 2.35. The second-order valence-electron chi connectivity index (χ2n) is 4.88. The van der Waals surface area contributed by atoms with Crippen LogP contribution in [0.4, 0.5) is 0 Å². The van der Waals surface area contributed by atoms with Crippen LogP contribution in [0.2, 0.25) is 0 Å². The Balaban J connectivity index is 2.70. The van der Waals surface area contributed by atoms with E-state index in [0.29, 0.717) is 6.92 Å². The van der Waals surface area contributed by atoms with E-state index >= 15 is 0 Å². The monoisotopic (exact) mass is 357 g/mol. The highest BCUT2D eigenvalue weighted by molar-refractivity contribution is 5.83. The number of nitrogens with zero attached hydrogens (tertiary/aromatic N) is 1. The molecule has 0 amide bonds. The summed E-state index contributed by atoms with van der Waals surface area (Å²) in [5.74, 6) is -10.3. The third kappa shape index (κ3) is 3.28. The number of benzene rings is 1. The fourth-order valence-corrected chi connectivity index (χ4v) is 2.02. The minimum absolute atomic E-state index is 0.309. The standard InChI is InChI=1S/C19H27NO4/c1-19(2,22)10-13-11-20-6-5-12-7-17(23-3)18(24-4)8-14(12)15(20)9-16(13)21/h7-8,13,15,22H,5-6,9-11H2,1-4H3/t13-,15-/m0/s1/i1D3,3D3,4D3,5D2,6D2,7D,8D,9D2,10D2,11D2,13D,15D,22D/t13-,15-,19?. The quantitative estimate of drug-likeness (QED) is 0.876. The van der Waals surface area contributed by atoms with Gasteiger partial charge in [-0.2, -0.15) is 0 Å². The Bertz CT molecular complexity index is 1510. The van der Waals surface area contributed by atoms with Gasteiger partial charge in [0.2, 0.25) is 1.43 Å². The second-order valence-corrected chi connectivity index (χ2v) is 4.88. The van der Waals surface area contributed by atoms with Gasteiger partial charge in [0.25, 0.3) is 0 Å². The third-order valence-electron chi connectivity index (χ3n) is 2.94. The van der Waals surface area contributed by atoms with Gasteiger partial charge in [0.1, 0.15) is 5.78 Å². The Kier molecular flexibility index (Phi) is 1.16. The molecule has 1 aromatic carbocycles. The van der Waals surface area contributed by atoms with Crippen LogP contribution in [-0.4, -0.2) is 49.9 Å². The molecule has 5 heteroatoms. The summed E-state index contributed by atoms with van der Waals surface area (Å²) < 4.78 is 207. The first-order chi connectivity index (χ1) is 20.8. The minimum Gasteiger partial charge on any atom is -0.493 e. The Hall–Kier alpha value is -1.59. The van der Waals surface area contributed by atoms with Crippen molar-refractivity contribution in [1.82, 2.24) is 4.90 Å². The van der Waals surface area contributed by atoms with Crippen LogP contribution < -0.4 is 9.47 Å². The molecule has 1 unspecified atom stereocenters. The molecular weight excluding hydrogens is 306 g/mol. The van der Waals surface area contributed by atoms with Gasteiger partial charge in [-0.25, -0.2) is 0 Å². The van der Waals surface area contributed by atoms with Crippen molar-refractivity contribution in [3.63, 3.8) is 0 Å². The van der Waals surface area contributed by atoms with Crippen molar-refractivity contribution in [2.75, 3.05) is 27.1 Å². The van der Waals surface area contributed by atoms with Gasteiger partial charge in [-0.15, -0.1) is 0 Å². The summed E-state index contributed by atoms with van der Waals surface area (Å²) in [5.41, 5.74) is -6.96. The topological polar surface area (TPSA) is 59.0 Å². The number of ketones is 1. The maximum absolute atomic E-state index is 14.1. The third-order valence-corrected chi connectivity index (χ3v) is 2.94. The SMILES string of the molecule is [2H]OC(C)(C([2H])([2H])[2H])C([2H])([2H])[C@]1([2H])C(=O)C([2H])([2H])[C@@]2([2H])c3c([2H])c(OC([2H])([2H])[2H])c(OC([2H])([2H])[2H])c([2H])c3C([2H])([2H])C([2H])([2H])N2C1([2H])[2H]. The first kappa shape index (κ1) is 4.38. The predicted molar refractivity (Wildman–Crippen MR) is 91.6 cm³/mol. The van der Waals surface area contributed by atoms with E-state index in [4.69, 9.17) is 31.6 Å². The van der Waals surface area contributed by atoms with Crippen LogP contribution >= 0.6 is 0 Å². The molecule has 1 aromatic rings. The molecule has 1 N–H and O–H groups in total. The molecule has 1 fully saturated rings. The van der Waals surface area contributed by atoms with E-state index in [1.165, 1.54) is 0 Å². The summed E-state index contributed by atoms with van der Waals surface area (Å²) in [6.45, 7) is -12.4. The maximum Gasteiger partial charge on any atom is 0.211 e. The number of fused-ring (bicyclic) bond motifs is 3. The van der Waals surface area contributed by atoms with Crippen molar-refractivity contribution in [3.05, 3.63) is 23.2 Å². The van der Waals surface area contributed by atoms with E-state index in [-0.39, 0.29) is 0 Å². The average molecular weight is 358 g/mol. The molecule has 132 valence electrons. The van der Waals surface area contributed by atoms with E-state index in [2.05, 4.69) is 14.6 Å². The Labute approximate surface area is 177 Å². The summed E-state index contributed by atoms with van der Waals surface area (Å²) >= 11 is 0. The van der Waals surface area contributed by atoms with Gasteiger partial charge in [-0.3, -0.25) is 9.69 Å². The summed E-state index contributed by atoms with van der Waals surface area (Å²) in [5, 5.41) is 4.09. The number of rotatable bonds is 5. The van der Waals surface area contributed by atoms with Crippen LogP contribution in [0.3, 0.4) is 0 Å². The lowest BCUT2D eigenvalue weighted by Gasteiger charge is -2.44. The fourth-order valence-electron chi connectivity index (χ4n) is 2.02. The lowest BCUT2D eigenvalue weighted by molar-refractivity contribution is -0.131. The fraction of sp³-hybridized carbons (Fsp3) is 0.632. The Morgan fingerprint density at radius 3 is 3.08 bits per heavy atom. The summed E-state index contributed by atoms with van der Waals surface area (Å²) in [4.78, 5) is 13.3. The molecule has 0 bridgehead atoms. The molecule has 0 radical (unpaired) electrons. The first-order valence-electron chi connectivity index (χ1n) is 18.3. The number of carbonyl (C=O) groups is 1. The zero-order valence-electron chi connectivity index (χ0n) is 36.1. The van der Waals surface area contributed by atoms with Crippen LogP contribution in [0.1, 0.15) is 75.2 Å². The number of methoxy groups -OCH3 is 2. The van der Waals surface area contributed by atoms with Crippen LogP contribution in [0.5, 0.6) is 11.5 Å². The largest absolute Gasteiger partial charge is 0.493 e. The van der Waals surface area contributed by atoms with Gasteiger partial charge in [0.15, 0.2) is 11.5 Å². The Morgan fingerprint density at radius 1 is 1.58 bits per heavy atom. The van der Waals surface area contributed by atoms with E-state index in [9.17, 15) is 6.17 Å².